The van der Waals surface area contributed by atoms with Gasteiger partial charge in [-0.05, 0) is 55.3 Å². The minimum absolute atomic E-state index is 0.0820. The number of pyridine rings is 1. The highest BCUT2D eigenvalue weighted by atomic mass is 35.5. The van der Waals surface area contributed by atoms with Crippen molar-refractivity contribution in [2.45, 2.75) is 32.2 Å². The lowest BCUT2D eigenvalue weighted by molar-refractivity contribution is 0.0932. The van der Waals surface area contributed by atoms with E-state index in [4.69, 9.17) is 11.6 Å². The van der Waals surface area contributed by atoms with E-state index in [0.717, 1.165) is 25.0 Å². The van der Waals surface area contributed by atoms with Gasteiger partial charge in [0.1, 0.15) is 5.15 Å². The van der Waals surface area contributed by atoms with E-state index in [9.17, 15) is 4.79 Å². The Morgan fingerprint density at radius 2 is 2.35 bits per heavy atom. The van der Waals surface area contributed by atoms with Crippen LogP contribution in [0.25, 0.3) is 0 Å². The molecule has 2 aromatic heterocycles. The second-order valence-corrected chi connectivity index (χ2v) is 6.43. The van der Waals surface area contributed by atoms with Crippen LogP contribution in [0.5, 0.6) is 0 Å². The third kappa shape index (κ3) is 2.72. The van der Waals surface area contributed by atoms with Crippen molar-refractivity contribution in [1.82, 2.24) is 10.3 Å². The highest BCUT2D eigenvalue weighted by molar-refractivity contribution is 7.10. The maximum atomic E-state index is 12.4. The third-order valence-electron chi connectivity index (χ3n) is 3.54. The van der Waals surface area contributed by atoms with Crippen LogP contribution in [-0.4, -0.2) is 10.9 Å². The van der Waals surface area contributed by atoms with Crippen molar-refractivity contribution in [2.24, 2.45) is 0 Å². The molecule has 2 aromatic rings. The fourth-order valence-corrected chi connectivity index (χ4v) is 3.88. The zero-order valence-electron chi connectivity index (χ0n) is 11.1. The molecule has 0 aliphatic heterocycles. The summed E-state index contributed by atoms with van der Waals surface area (Å²) < 4.78 is 0. The van der Waals surface area contributed by atoms with Crippen molar-refractivity contribution in [1.29, 1.82) is 0 Å². The molecule has 20 heavy (non-hydrogen) atoms. The molecule has 5 heteroatoms. The van der Waals surface area contributed by atoms with Crippen LogP contribution in [0.15, 0.2) is 23.6 Å². The van der Waals surface area contributed by atoms with Crippen molar-refractivity contribution >= 4 is 28.8 Å². The maximum Gasteiger partial charge on any atom is 0.251 e. The van der Waals surface area contributed by atoms with Gasteiger partial charge >= 0.3 is 0 Å². The SMILES string of the molecule is Cc1cc(C(=O)NC2CCCc3sccc32)cc(Cl)n1. The van der Waals surface area contributed by atoms with Gasteiger partial charge in [-0.3, -0.25) is 4.79 Å². The largest absolute Gasteiger partial charge is 0.345 e. The Labute approximate surface area is 127 Å². The van der Waals surface area contributed by atoms with Gasteiger partial charge in [-0.1, -0.05) is 11.6 Å². The number of carbonyl (C=O) groups is 1. The number of hydrogen-bond acceptors (Lipinski definition) is 3. The summed E-state index contributed by atoms with van der Waals surface area (Å²) in [5, 5.41) is 5.57. The first kappa shape index (κ1) is 13.6. The van der Waals surface area contributed by atoms with Crippen molar-refractivity contribution < 1.29 is 4.79 Å². The predicted molar refractivity (Wildman–Crippen MR) is 81.4 cm³/mol. The van der Waals surface area contributed by atoms with E-state index in [1.165, 1.54) is 10.4 Å². The van der Waals surface area contributed by atoms with Crippen LogP contribution in [0.1, 0.15) is 45.4 Å². The summed E-state index contributed by atoms with van der Waals surface area (Å²) in [6, 6.07) is 5.61. The molecule has 0 aromatic carbocycles. The number of aryl methyl sites for hydroxylation is 2. The fourth-order valence-electron chi connectivity index (χ4n) is 2.64. The predicted octanol–water partition coefficient (Wildman–Crippen LogP) is 3.91. The molecule has 0 bridgehead atoms. The van der Waals surface area contributed by atoms with E-state index in [-0.39, 0.29) is 11.9 Å². The Morgan fingerprint density at radius 1 is 1.50 bits per heavy atom. The molecule has 1 unspecified atom stereocenters. The van der Waals surface area contributed by atoms with Gasteiger partial charge in [-0.25, -0.2) is 4.98 Å². The molecule has 1 N–H and O–H groups in total. The second kappa shape index (κ2) is 5.54. The number of thiophene rings is 1. The Hall–Kier alpha value is -1.39. The van der Waals surface area contributed by atoms with Gasteiger partial charge in [-0.15, -0.1) is 11.3 Å². The van der Waals surface area contributed by atoms with Crippen LogP contribution in [0, 0.1) is 6.92 Å². The van der Waals surface area contributed by atoms with Gasteiger partial charge in [-0.2, -0.15) is 0 Å². The summed E-state index contributed by atoms with van der Waals surface area (Å²) in [6.07, 6.45) is 3.24. The molecule has 2 heterocycles. The maximum absolute atomic E-state index is 12.4. The highest BCUT2D eigenvalue weighted by Crippen LogP contribution is 2.33. The topological polar surface area (TPSA) is 42.0 Å². The number of carbonyl (C=O) groups excluding carboxylic acids is 1. The molecule has 1 aliphatic carbocycles. The van der Waals surface area contributed by atoms with Crippen molar-refractivity contribution in [3.8, 4) is 0 Å². The first-order valence-electron chi connectivity index (χ1n) is 6.65. The lowest BCUT2D eigenvalue weighted by Gasteiger charge is -2.23. The van der Waals surface area contributed by atoms with E-state index in [1.807, 2.05) is 6.92 Å². The molecule has 104 valence electrons. The molecular formula is C15H15ClN2OS. The number of rotatable bonds is 2. The summed E-state index contributed by atoms with van der Waals surface area (Å²) in [4.78, 5) is 17.8. The van der Waals surface area contributed by atoms with E-state index in [1.54, 1.807) is 23.5 Å². The van der Waals surface area contributed by atoms with Gasteiger partial charge < -0.3 is 5.32 Å². The first-order chi connectivity index (χ1) is 9.63. The van der Waals surface area contributed by atoms with Crippen LogP contribution >= 0.6 is 22.9 Å². The number of amides is 1. The van der Waals surface area contributed by atoms with Crippen LogP contribution in [0.4, 0.5) is 0 Å². The molecule has 0 fully saturated rings. The molecule has 0 spiro atoms. The Balaban J connectivity index is 1.80. The standard InChI is InChI=1S/C15H15ClN2OS/c1-9-7-10(8-14(16)17-9)15(19)18-12-3-2-4-13-11(12)5-6-20-13/h5-8,12H,2-4H2,1H3,(H,18,19). The fraction of sp³-hybridized carbons (Fsp3) is 0.333. The number of fused-ring (bicyclic) bond motifs is 1. The number of aromatic nitrogens is 1. The van der Waals surface area contributed by atoms with E-state index in [2.05, 4.69) is 21.7 Å². The first-order valence-corrected chi connectivity index (χ1v) is 7.90. The average Bonchev–Trinajstić information content (AvgIpc) is 2.87. The van der Waals surface area contributed by atoms with Gasteiger partial charge in [0.05, 0.1) is 6.04 Å². The average molecular weight is 307 g/mol. The van der Waals surface area contributed by atoms with Crippen molar-refractivity contribution in [3.05, 3.63) is 50.4 Å². The molecular weight excluding hydrogens is 292 g/mol. The second-order valence-electron chi connectivity index (χ2n) is 5.04. The van der Waals surface area contributed by atoms with Crippen LogP contribution in [0.3, 0.4) is 0 Å². The third-order valence-corrected chi connectivity index (χ3v) is 4.73. The van der Waals surface area contributed by atoms with Gasteiger partial charge in [0.15, 0.2) is 0 Å². The summed E-state index contributed by atoms with van der Waals surface area (Å²) in [5.74, 6) is -0.0820. The Morgan fingerprint density at radius 3 is 3.15 bits per heavy atom. The van der Waals surface area contributed by atoms with E-state index in [0.29, 0.717) is 10.7 Å². The zero-order chi connectivity index (χ0) is 14.1. The summed E-state index contributed by atoms with van der Waals surface area (Å²) in [6.45, 7) is 1.83. The van der Waals surface area contributed by atoms with Gasteiger partial charge in [0.25, 0.3) is 5.91 Å². The normalized spacial score (nSPS) is 17.6. The summed E-state index contributed by atoms with van der Waals surface area (Å²) >= 11 is 7.69. The van der Waals surface area contributed by atoms with Crippen LogP contribution < -0.4 is 5.32 Å². The molecule has 0 radical (unpaired) electrons. The van der Waals surface area contributed by atoms with E-state index < -0.39 is 0 Å². The molecule has 1 amide bonds. The summed E-state index contributed by atoms with van der Waals surface area (Å²) in [5.41, 5.74) is 2.60. The Kier molecular flexibility index (Phi) is 3.76. The van der Waals surface area contributed by atoms with Crippen molar-refractivity contribution in [2.75, 3.05) is 0 Å². The molecule has 3 nitrogen and oxygen atoms in total. The molecule has 3 rings (SSSR count). The van der Waals surface area contributed by atoms with Crippen LogP contribution in [0.2, 0.25) is 5.15 Å². The van der Waals surface area contributed by atoms with Crippen molar-refractivity contribution in [3.63, 3.8) is 0 Å². The highest BCUT2D eigenvalue weighted by Gasteiger charge is 2.23. The van der Waals surface area contributed by atoms with Gasteiger partial charge in [0, 0.05) is 16.1 Å². The molecule has 0 saturated carbocycles. The smallest absolute Gasteiger partial charge is 0.251 e. The van der Waals surface area contributed by atoms with Crippen LogP contribution in [-0.2, 0) is 6.42 Å². The molecule has 1 atom stereocenters. The minimum Gasteiger partial charge on any atom is -0.345 e. The minimum atomic E-state index is -0.0820. The number of hydrogen-bond donors (Lipinski definition) is 1. The monoisotopic (exact) mass is 306 g/mol. The Bertz CT molecular complexity index is 633. The molecule has 0 saturated heterocycles. The zero-order valence-corrected chi connectivity index (χ0v) is 12.7. The van der Waals surface area contributed by atoms with Gasteiger partial charge in [0.2, 0.25) is 0 Å². The number of halogens is 1. The molecule has 1 aliphatic rings. The quantitative estimate of drug-likeness (QED) is 0.855. The number of nitrogens with one attached hydrogen (secondary N) is 1. The lowest BCUT2D eigenvalue weighted by Crippen LogP contribution is -2.30. The lowest BCUT2D eigenvalue weighted by atomic mass is 9.94. The number of nitrogens with zero attached hydrogens (tertiary/aromatic N) is 1. The van der Waals surface area contributed by atoms with E-state index >= 15 is 0 Å². The summed E-state index contributed by atoms with van der Waals surface area (Å²) in [7, 11) is 0.